The molecule has 24 heavy (non-hydrogen) atoms. The van der Waals surface area contributed by atoms with Gasteiger partial charge in [0.15, 0.2) is 5.76 Å². The van der Waals surface area contributed by atoms with E-state index in [1.54, 1.807) is 6.92 Å². The molecule has 0 aliphatic carbocycles. The number of thioether (sulfide) groups is 1. The van der Waals surface area contributed by atoms with Crippen LogP contribution in [0.25, 0.3) is 0 Å². The molecule has 0 aromatic carbocycles. The van der Waals surface area contributed by atoms with Gasteiger partial charge in [0.25, 0.3) is 0 Å². The van der Waals surface area contributed by atoms with Gasteiger partial charge in [-0.15, -0.1) is 0 Å². The molecule has 134 valence electrons. The van der Waals surface area contributed by atoms with Crippen molar-refractivity contribution < 1.29 is 14.3 Å². The lowest BCUT2D eigenvalue weighted by molar-refractivity contribution is -0.122. The van der Waals surface area contributed by atoms with Crippen LogP contribution in [0.15, 0.2) is 15.3 Å². The SMILES string of the molecule is Cc1cc(=O)c(O)c(C2(CC(=O)NCCN(C)C)CCSCC2)o1. The highest BCUT2D eigenvalue weighted by Gasteiger charge is 2.41. The average Bonchev–Trinajstić information content (AvgIpc) is 2.51. The van der Waals surface area contributed by atoms with Gasteiger partial charge in [0, 0.05) is 31.0 Å². The molecule has 1 amide bonds. The van der Waals surface area contributed by atoms with Gasteiger partial charge in [0.05, 0.1) is 0 Å². The van der Waals surface area contributed by atoms with E-state index in [1.807, 2.05) is 30.8 Å². The Kier molecular flexibility index (Phi) is 6.34. The third kappa shape index (κ3) is 4.54. The van der Waals surface area contributed by atoms with Crippen LogP contribution >= 0.6 is 11.8 Å². The molecular weight excluding hydrogens is 328 g/mol. The molecule has 7 heteroatoms. The first-order valence-electron chi connectivity index (χ1n) is 8.17. The minimum atomic E-state index is -0.608. The molecule has 0 atom stereocenters. The van der Waals surface area contributed by atoms with Gasteiger partial charge in [0.1, 0.15) is 5.76 Å². The minimum absolute atomic E-state index is 0.0766. The standard InChI is InChI=1S/C17H26N2O4S/c1-12-10-13(20)15(22)16(23-12)17(4-8-24-9-5-17)11-14(21)18-6-7-19(2)3/h10,22H,4-9,11H2,1-3H3,(H,18,21). The topological polar surface area (TPSA) is 82.8 Å². The van der Waals surface area contributed by atoms with Crippen molar-refractivity contribution in [3.05, 3.63) is 27.8 Å². The number of hydrogen-bond acceptors (Lipinski definition) is 6. The Labute approximate surface area is 146 Å². The van der Waals surface area contributed by atoms with Crippen molar-refractivity contribution in [2.24, 2.45) is 0 Å². The van der Waals surface area contributed by atoms with Gasteiger partial charge < -0.3 is 19.7 Å². The number of rotatable bonds is 6. The summed E-state index contributed by atoms with van der Waals surface area (Å²) in [5.41, 5.74) is -1.05. The first-order chi connectivity index (χ1) is 11.3. The van der Waals surface area contributed by atoms with E-state index in [-0.39, 0.29) is 23.8 Å². The Morgan fingerprint density at radius 3 is 2.71 bits per heavy atom. The molecule has 2 rings (SSSR count). The van der Waals surface area contributed by atoms with Crippen molar-refractivity contribution in [2.45, 2.75) is 31.6 Å². The normalized spacial score (nSPS) is 17.0. The van der Waals surface area contributed by atoms with Crippen molar-refractivity contribution in [3.8, 4) is 5.75 Å². The second-order valence-electron chi connectivity index (χ2n) is 6.62. The first-order valence-corrected chi connectivity index (χ1v) is 9.33. The quantitative estimate of drug-likeness (QED) is 0.805. The predicted octanol–water partition coefficient (Wildman–Crippen LogP) is 1.49. The van der Waals surface area contributed by atoms with Gasteiger partial charge in [-0.3, -0.25) is 9.59 Å². The lowest BCUT2D eigenvalue weighted by Gasteiger charge is -2.35. The fraction of sp³-hybridized carbons (Fsp3) is 0.647. The van der Waals surface area contributed by atoms with Crippen LogP contribution in [0.1, 0.15) is 30.8 Å². The predicted molar refractivity (Wildman–Crippen MR) is 95.8 cm³/mol. The maximum absolute atomic E-state index is 12.4. The Bertz CT molecular complexity index is 636. The molecule has 1 fully saturated rings. The van der Waals surface area contributed by atoms with Crippen LogP contribution in [-0.4, -0.2) is 54.6 Å². The molecule has 1 aliphatic heterocycles. The average molecular weight is 354 g/mol. The number of nitrogens with zero attached hydrogens (tertiary/aromatic N) is 1. The smallest absolute Gasteiger partial charge is 0.227 e. The van der Waals surface area contributed by atoms with E-state index in [9.17, 15) is 14.7 Å². The van der Waals surface area contributed by atoms with Crippen molar-refractivity contribution in [3.63, 3.8) is 0 Å². The molecule has 1 aromatic heterocycles. The number of aromatic hydroxyl groups is 1. The summed E-state index contributed by atoms with van der Waals surface area (Å²) in [5.74, 6) is 2.05. The van der Waals surface area contributed by atoms with Crippen LogP contribution in [0.5, 0.6) is 5.75 Å². The fourth-order valence-electron chi connectivity index (χ4n) is 3.00. The summed E-state index contributed by atoms with van der Waals surface area (Å²) in [6, 6.07) is 1.28. The van der Waals surface area contributed by atoms with E-state index >= 15 is 0 Å². The molecule has 0 spiro atoms. The largest absolute Gasteiger partial charge is 0.502 e. The summed E-state index contributed by atoms with van der Waals surface area (Å²) < 4.78 is 5.73. The fourth-order valence-corrected chi connectivity index (χ4v) is 4.27. The van der Waals surface area contributed by atoms with Gasteiger partial charge >= 0.3 is 0 Å². The molecule has 1 aromatic rings. The molecule has 0 unspecified atom stereocenters. The molecule has 2 N–H and O–H groups in total. The molecule has 1 saturated heterocycles. The van der Waals surface area contributed by atoms with Crippen molar-refractivity contribution >= 4 is 17.7 Å². The van der Waals surface area contributed by atoms with E-state index in [2.05, 4.69) is 5.32 Å². The number of hydrogen-bond donors (Lipinski definition) is 2. The lowest BCUT2D eigenvalue weighted by atomic mass is 9.75. The Hall–Kier alpha value is -1.47. The summed E-state index contributed by atoms with van der Waals surface area (Å²) in [4.78, 5) is 26.4. The molecular formula is C17H26N2O4S. The van der Waals surface area contributed by atoms with E-state index in [1.165, 1.54) is 6.07 Å². The van der Waals surface area contributed by atoms with Crippen LogP contribution in [0, 0.1) is 6.92 Å². The van der Waals surface area contributed by atoms with Gasteiger partial charge in [-0.25, -0.2) is 0 Å². The van der Waals surface area contributed by atoms with Crippen LogP contribution in [0.4, 0.5) is 0 Å². The van der Waals surface area contributed by atoms with Crippen LogP contribution in [-0.2, 0) is 10.2 Å². The second-order valence-corrected chi connectivity index (χ2v) is 7.85. The minimum Gasteiger partial charge on any atom is -0.502 e. The number of amides is 1. The summed E-state index contributed by atoms with van der Waals surface area (Å²) >= 11 is 1.82. The van der Waals surface area contributed by atoms with E-state index in [4.69, 9.17) is 4.42 Å². The second kappa shape index (κ2) is 8.07. The van der Waals surface area contributed by atoms with Gasteiger partial charge in [0.2, 0.25) is 17.1 Å². The summed E-state index contributed by atoms with van der Waals surface area (Å²) in [6.07, 6.45) is 1.64. The highest BCUT2D eigenvalue weighted by atomic mass is 32.2. The molecule has 0 bridgehead atoms. The number of carbonyl (C=O) groups excluding carboxylic acids is 1. The van der Waals surface area contributed by atoms with E-state index in [0.717, 1.165) is 18.1 Å². The number of likely N-dealkylation sites (N-methyl/N-ethyl adjacent to an activating group) is 1. The molecule has 2 heterocycles. The Morgan fingerprint density at radius 2 is 2.08 bits per heavy atom. The first kappa shape index (κ1) is 18.9. The summed E-state index contributed by atoms with van der Waals surface area (Å²) in [5, 5.41) is 13.2. The Balaban J connectivity index is 2.24. The highest BCUT2D eigenvalue weighted by Crippen LogP contribution is 2.43. The third-order valence-electron chi connectivity index (χ3n) is 4.36. The highest BCUT2D eigenvalue weighted by molar-refractivity contribution is 7.99. The summed E-state index contributed by atoms with van der Waals surface area (Å²) in [6.45, 7) is 3.02. The molecule has 6 nitrogen and oxygen atoms in total. The van der Waals surface area contributed by atoms with Gasteiger partial charge in [-0.05, 0) is 45.4 Å². The van der Waals surface area contributed by atoms with E-state index < -0.39 is 10.8 Å². The van der Waals surface area contributed by atoms with Crippen molar-refractivity contribution in [2.75, 3.05) is 38.7 Å². The van der Waals surface area contributed by atoms with E-state index in [0.29, 0.717) is 25.1 Å². The van der Waals surface area contributed by atoms with Gasteiger partial charge in [-0.2, -0.15) is 11.8 Å². The Morgan fingerprint density at radius 1 is 1.42 bits per heavy atom. The third-order valence-corrected chi connectivity index (χ3v) is 5.34. The summed E-state index contributed by atoms with van der Waals surface area (Å²) in [7, 11) is 3.90. The molecule has 1 aliphatic rings. The number of aryl methyl sites for hydroxylation is 1. The zero-order chi connectivity index (χ0) is 17.7. The van der Waals surface area contributed by atoms with Crippen LogP contribution in [0.3, 0.4) is 0 Å². The molecule has 0 radical (unpaired) electrons. The number of nitrogens with one attached hydrogen (secondary N) is 1. The maximum atomic E-state index is 12.4. The molecule has 0 saturated carbocycles. The zero-order valence-electron chi connectivity index (χ0n) is 14.6. The lowest BCUT2D eigenvalue weighted by Crippen LogP contribution is -2.40. The van der Waals surface area contributed by atoms with Crippen LogP contribution < -0.4 is 10.7 Å². The van der Waals surface area contributed by atoms with Crippen LogP contribution in [0.2, 0.25) is 0 Å². The number of carbonyl (C=O) groups is 1. The zero-order valence-corrected chi connectivity index (χ0v) is 15.4. The maximum Gasteiger partial charge on any atom is 0.227 e. The van der Waals surface area contributed by atoms with Gasteiger partial charge in [-0.1, -0.05) is 0 Å². The van der Waals surface area contributed by atoms with Crippen molar-refractivity contribution in [1.82, 2.24) is 10.2 Å². The van der Waals surface area contributed by atoms with Crippen molar-refractivity contribution in [1.29, 1.82) is 0 Å². The monoisotopic (exact) mass is 354 g/mol.